The third-order valence-electron chi connectivity index (χ3n) is 11.1. The molecule has 5 aliphatic rings. The Morgan fingerprint density at radius 1 is 0.324 bits per heavy atom. The van der Waals surface area contributed by atoms with Gasteiger partial charge in [-0.1, -0.05) is 168 Å². The molecule has 0 aromatic heterocycles. The lowest BCUT2D eigenvalue weighted by Gasteiger charge is -2.26. The number of ether oxygens (including phenoxy) is 4. The van der Waals surface area contributed by atoms with Crippen LogP contribution in [0.15, 0.2) is 229 Å². The fourth-order valence-corrected chi connectivity index (χ4v) is 15.3. The number of hydrogen-bond acceptors (Lipinski definition) is 12. The molecular formula is C56H56N2O4S6. The van der Waals surface area contributed by atoms with E-state index in [1.807, 2.05) is 70.6 Å². The third-order valence-corrected chi connectivity index (χ3v) is 18.6. The Labute approximate surface area is 428 Å². The van der Waals surface area contributed by atoms with Crippen LogP contribution in [0.5, 0.6) is 0 Å². The third kappa shape index (κ3) is 14.7. The first-order valence-corrected chi connectivity index (χ1v) is 28.0. The van der Waals surface area contributed by atoms with Crippen LogP contribution in [0.4, 0.5) is 0 Å². The maximum atomic E-state index is 6.17. The van der Waals surface area contributed by atoms with Crippen LogP contribution in [-0.2, 0) is 32.0 Å². The van der Waals surface area contributed by atoms with E-state index in [0.29, 0.717) is 52.9 Å². The zero-order valence-electron chi connectivity index (χ0n) is 38.0. The van der Waals surface area contributed by atoms with E-state index in [2.05, 4.69) is 180 Å². The maximum absolute atomic E-state index is 6.17. The molecule has 0 atom stereocenters. The molecule has 7 aromatic rings. The lowest BCUT2D eigenvalue weighted by atomic mass is 10.2. The monoisotopic (exact) mass is 1010 g/mol. The molecular weight excluding hydrogens is 957 g/mol. The zero-order chi connectivity index (χ0) is 46.0. The summed E-state index contributed by atoms with van der Waals surface area (Å²) < 4.78 is 24.7. The van der Waals surface area contributed by atoms with Crippen LogP contribution in [-0.4, -0.2) is 88.8 Å². The molecule has 8 bridgehead atoms. The van der Waals surface area contributed by atoms with Crippen molar-refractivity contribution in [3.8, 4) is 0 Å². The maximum Gasteiger partial charge on any atom is 0.0701 e. The van der Waals surface area contributed by atoms with Crippen molar-refractivity contribution in [3.05, 3.63) is 181 Å². The Morgan fingerprint density at radius 3 is 0.912 bits per heavy atom. The predicted molar refractivity (Wildman–Crippen MR) is 284 cm³/mol. The highest BCUT2D eigenvalue weighted by Crippen LogP contribution is 2.59. The van der Waals surface area contributed by atoms with Crippen molar-refractivity contribution in [3.63, 3.8) is 0 Å². The summed E-state index contributed by atoms with van der Waals surface area (Å²) in [7, 11) is 0. The predicted octanol–water partition coefficient (Wildman–Crippen LogP) is 14.3. The van der Waals surface area contributed by atoms with E-state index >= 15 is 0 Å². The van der Waals surface area contributed by atoms with Crippen molar-refractivity contribution in [2.45, 2.75) is 71.8 Å². The van der Waals surface area contributed by atoms with Crippen LogP contribution >= 0.6 is 70.6 Å². The second-order valence-corrected chi connectivity index (χ2v) is 22.6. The molecule has 350 valence electrons. The molecule has 0 spiro atoms. The van der Waals surface area contributed by atoms with Crippen LogP contribution in [0.3, 0.4) is 0 Å². The molecule has 1 saturated heterocycles. The summed E-state index contributed by atoms with van der Waals surface area (Å²) in [6, 6.07) is 61.8. The van der Waals surface area contributed by atoms with Crippen molar-refractivity contribution in [2.75, 3.05) is 79.0 Å². The molecule has 7 aromatic carbocycles. The normalized spacial score (nSPS) is 17.9. The van der Waals surface area contributed by atoms with Crippen LogP contribution < -0.4 is 0 Å². The average Bonchev–Trinajstić information content (AvgIpc) is 3.37. The highest BCUT2D eigenvalue weighted by Gasteiger charge is 2.29. The highest BCUT2D eigenvalue weighted by atomic mass is 32.2. The summed E-state index contributed by atoms with van der Waals surface area (Å²) in [6.45, 7) is 9.48. The molecule has 68 heavy (non-hydrogen) atoms. The average molecular weight is 1010 g/mol. The number of nitrogens with zero attached hydrogens (tertiary/aromatic N) is 2. The van der Waals surface area contributed by atoms with Crippen molar-refractivity contribution in [1.82, 2.24) is 9.80 Å². The fraction of sp³-hybridized carbons (Fsp3) is 0.250. The Kier molecular flexibility index (Phi) is 19.3. The Bertz CT molecular complexity index is 2320. The molecule has 0 N–H and O–H groups in total. The highest BCUT2D eigenvalue weighted by molar-refractivity contribution is 8.07. The molecule has 6 nitrogen and oxygen atoms in total. The molecule has 5 heterocycles. The van der Waals surface area contributed by atoms with Crippen LogP contribution in [0.2, 0.25) is 0 Å². The van der Waals surface area contributed by atoms with Gasteiger partial charge in [-0.05, 0) is 83.9 Å². The molecule has 12 heteroatoms. The second kappa shape index (κ2) is 26.6. The molecule has 0 saturated carbocycles. The summed E-state index contributed by atoms with van der Waals surface area (Å²) in [4.78, 5) is 19.6. The topological polar surface area (TPSA) is 43.4 Å². The van der Waals surface area contributed by atoms with Crippen LogP contribution in [0.25, 0.3) is 0 Å². The Balaban J connectivity index is 1.29. The fourth-order valence-electron chi connectivity index (χ4n) is 7.73. The number of benzene rings is 7. The van der Waals surface area contributed by atoms with Gasteiger partial charge < -0.3 is 18.9 Å². The minimum atomic E-state index is 0.569. The summed E-state index contributed by atoms with van der Waals surface area (Å²) in [5, 5.41) is 0. The molecule has 0 aliphatic carbocycles. The molecule has 1 fully saturated rings. The molecule has 0 radical (unpaired) electrons. The van der Waals surface area contributed by atoms with Crippen LogP contribution in [0, 0.1) is 0 Å². The minimum absolute atomic E-state index is 0.569. The summed E-state index contributed by atoms with van der Waals surface area (Å²) in [5.41, 5.74) is 2.50. The van der Waals surface area contributed by atoms with Crippen molar-refractivity contribution >= 4 is 70.6 Å². The van der Waals surface area contributed by atoms with E-state index in [-0.39, 0.29) is 0 Å². The summed E-state index contributed by atoms with van der Waals surface area (Å²) >= 11 is 11.2. The molecule has 0 unspecified atom stereocenters. The van der Waals surface area contributed by atoms with Gasteiger partial charge in [-0.25, -0.2) is 0 Å². The zero-order valence-corrected chi connectivity index (χ0v) is 42.9. The lowest BCUT2D eigenvalue weighted by Crippen LogP contribution is -2.32. The van der Waals surface area contributed by atoms with E-state index in [4.69, 9.17) is 18.9 Å². The first-order valence-electron chi connectivity index (χ1n) is 23.1. The van der Waals surface area contributed by atoms with Crippen molar-refractivity contribution in [1.29, 1.82) is 0 Å². The second-order valence-electron chi connectivity index (χ2n) is 16.1. The largest absolute Gasteiger partial charge is 0.378 e. The quantitative estimate of drug-likeness (QED) is 0.146. The Morgan fingerprint density at radius 2 is 0.618 bits per heavy atom. The van der Waals surface area contributed by atoms with Gasteiger partial charge in [0.05, 0.1) is 52.9 Å². The van der Waals surface area contributed by atoms with Gasteiger partial charge in [-0.15, -0.1) is 0 Å². The summed E-state index contributed by atoms with van der Waals surface area (Å²) in [6.07, 6.45) is 0. The van der Waals surface area contributed by atoms with E-state index in [1.165, 1.54) is 69.9 Å². The first-order chi connectivity index (χ1) is 33.7. The van der Waals surface area contributed by atoms with Crippen LogP contribution in [0.1, 0.15) is 11.1 Å². The van der Waals surface area contributed by atoms with Gasteiger partial charge in [0.1, 0.15) is 0 Å². The van der Waals surface area contributed by atoms with Gasteiger partial charge >= 0.3 is 0 Å². The van der Waals surface area contributed by atoms with Gasteiger partial charge in [0.2, 0.25) is 0 Å². The number of hydrogen-bond donors (Lipinski definition) is 0. The van der Waals surface area contributed by atoms with Gasteiger partial charge in [-0.2, -0.15) is 0 Å². The molecule has 0 amide bonds. The number of rotatable bonds is 8. The minimum Gasteiger partial charge on any atom is -0.378 e. The lowest BCUT2D eigenvalue weighted by molar-refractivity contribution is 0.00623. The van der Waals surface area contributed by atoms with Crippen molar-refractivity contribution < 1.29 is 18.9 Å². The van der Waals surface area contributed by atoms with Gasteiger partial charge in [0.15, 0.2) is 0 Å². The van der Waals surface area contributed by atoms with E-state index in [9.17, 15) is 0 Å². The van der Waals surface area contributed by atoms with E-state index in [0.717, 1.165) is 39.3 Å². The van der Waals surface area contributed by atoms with E-state index in [1.54, 1.807) is 0 Å². The Hall–Kier alpha value is -3.60. The smallest absolute Gasteiger partial charge is 0.0701 e. The standard InChI is InChI=1S/C56H56N2O4S6/c1-5-17-45(18-6-1)63-51-52(64-46-19-7-2-8-20-46)56-54(66-48-23-11-4-12-24-48)53(65-47-21-9-3-10-22-47)55(51)67-49-25-13-15-43(39-49)41-57-27-31-59-35-37-61-33-29-58(30-34-62-38-36-60-32-28-57)42-44-16-14-26-50(40-44)68-56/h1-26,39-40H,27-38,41-42H2. The summed E-state index contributed by atoms with van der Waals surface area (Å²) in [5.74, 6) is 0. The van der Waals surface area contributed by atoms with E-state index < -0.39 is 0 Å². The molecule has 5 aliphatic heterocycles. The van der Waals surface area contributed by atoms with Crippen molar-refractivity contribution in [2.24, 2.45) is 0 Å². The SMILES string of the molecule is c1ccc(Sc2c(Sc3ccccc3)c3c(Sc4ccccc4)c(Sc4ccccc4)c2Sc2cccc(c2)CN2CCOCCOCCN(CCOCCOCC2)Cc2cccc(c2)S3)cc1. The van der Waals surface area contributed by atoms with Gasteiger partial charge in [0, 0.05) is 98.0 Å². The first kappa shape index (κ1) is 49.4. The van der Waals surface area contributed by atoms with Gasteiger partial charge in [-0.3, -0.25) is 9.80 Å². The van der Waals surface area contributed by atoms with Gasteiger partial charge in [0.25, 0.3) is 0 Å². The molecule has 12 rings (SSSR count).